The number of nitrogens with one attached hydrogen (secondary N) is 1. The van der Waals surface area contributed by atoms with E-state index >= 15 is 0 Å². The fraction of sp³-hybridized carbons (Fsp3) is 0.400. The highest BCUT2D eigenvalue weighted by atomic mass is 35.5. The Morgan fingerprint density at radius 1 is 1.16 bits per heavy atom. The van der Waals surface area contributed by atoms with Crippen LogP contribution in [0.1, 0.15) is 5.56 Å². The summed E-state index contributed by atoms with van der Waals surface area (Å²) < 4.78 is 61.7. The molecule has 0 aromatic heterocycles. The highest BCUT2D eigenvalue weighted by Gasteiger charge is 2.27. The van der Waals surface area contributed by atoms with Crippen LogP contribution in [0.25, 0.3) is 0 Å². The van der Waals surface area contributed by atoms with Gasteiger partial charge in [-0.3, -0.25) is 0 Å². The number of alkyl halides is 3. The summed E-state index contributed by atoms with van der Waals surface area (Å²) in [7, 11) is -3.69. The van der Waals surface area contributed by atoms with Crippen LogP contribution in [-0.2, 0) is 16.4 Å². The molecule has 110 valence electrons. The first-order valence-corrected chi connectivity index (χ1v) is 6.58. The number of hydrogen-bond donors (Lipinski definition) is 2. The Morgan fingerprint density at radius 3 is 2.11 bits per heavy atom. The van der Waals surface area contributed by atoms with E-state index in [1.54, 1.807) is 0 Å². The van der Waals surface area contributed by atoms with Gasteiger partial charge in [0.2, 0.25) is 10.0 Å². The normalized spacial score (nSPS) is 12.0. The molecule has 1 rings (SSSR count). The van der Waals surface area contributed by atoms with E-state index in [-0.39, 0.29) is 36.0 Å². The fourth-order valence-corrected chi connectivity index (χ4v) is 2.34. The lowest BCUT2D eigenvalue weighted by Crippen LogP contribution is -2.29. The second kappa shape index (κ2) is 7.09. The molecule has 4 nitrogen and oxygen atoms in total. The number of hydrogen-bond acceptors (Lipinski definition) is 3. The average Bonchev–Trinajstić information content (AvgIpc) is 2.25. The van der Waals surface area contributed by atoms with Crippen molar-refractivity contribution in [1.29, 1.82) is 0 Å². The van der Waals surface area contributed by atoms with E-state index in [4.69, 9.17) is 5.73 Å². The predicted molar refractivity (Wildman–Crippen MR) is 67.7 cm³/mol. The van der Waals surface area contributed by atoms with Gasteiger partial charge in [0.25, 0.3) is 0 Å². The standard InChI is InChI=1S/C10H13F3N2O2S.ClH/c11-10(12,13)7-8-1-3-9(4-2-8)18(16,17)15-6-5-14;/h1-4,15H,5-7,14H2;1H. The second-order valence-corrected chi connectivity index (χ2v) is 5.39. The molecule has 0 saturated carbocycles. The van der Waals surface area contributed by atoms with Crippen molar-refractivity contribution in [3.8, 4) is 0 Å². The molecule has 0 spiro atoms. The van der Waals surface area contributed by atoms with E-state index in [0.29, 0.717) is 0 Å². The van der Waals surface area contributed by atoms with Crippen LogP contribution in [-0.4, -0.2) is 27.7 Å². The van der Waals surface area contributed by atoms with Gasteiger partial charge in [-0.15, -0.1) is 12.4 Å². The molecule has 0 amide bonds. The molecule has 0 aliphatic heterocycles. The topological polar surface area (TPSA) is 72.2 Å². The van der Waals surface area contributed by atoms with Gasteiger partial charge in [-0.1, -0.05) is 12.1 Å². The van der Waals surface area contributed by atoms with Crippen LogP contribution in [0.15, 0.2) is 29.2 Å². The number of rotatable bonds is 5. The molecule has 9 heteroatoms. The van der Waals surface area contributed by atoms with E-state index < -0.39 is 22.6 Å². The van der Waals surface area contributed by atoms with Crippen LogP contribution in [0.2, 0.25) is 0 Å². The molecular formula is C10H14ClF3N2O2S. The highest BCUT2D eigenvalue weighted by Crippen LogP contribution is 2.22. The third kappa shape index (κ3) is 6.24. The molecule has 0 heterocycles. The van der Waals surface area contributed by atoms with Crippen LogP contribution >= 0.6 is 12.4 Å². The van der Waals surface area contributed by atoms with E-state index in [1.165, 1.54) is 0 Å². The molecule has 0 radical (unpaired) electrons. The molecule has 0 bridgehead atoms. The van der Waals surface area contributed by atoms with E-state index in [2.05, 4.69) is 4.72 Å². The van der Waals surface area contributed by atoms with Gasteiger partial charge in [0, 0.05) is 13.1 Å². The maximum Gasteiger partial charge on any atom is 0.393 e. The fourth-order valence-electron chi connectivity index (χ4n) is 1.29. The summed E-state index contributed by atoms with van der Waals surface area (Å²) in [5.74, 6) is 0. The van der Waals surface area contributed by atoms with Crippen molar-refractivity contribution in [3.05, 3.63) is 29.8 Å². The van der Waals surface area contributed by atoms with Gasteiger partial charge in [0.15, 0.2) is 0 Å². The molecule has 0 fully saturated rings. The van der Waals surface area contributed by atoms with Gasteiger partial charge >= 0.3 is 6.18 Å². The van der Waals surface area contributed by atoms with Crippen molar-refractivity contribution >= 4 is 22.4 Å². The summed E-state index contributed by atoms with van der Waals surface area (Å²) in [4.78, 5) is -0.0816. The van der Waals surface area contributed by atoms with Crippen molar-refractivity contribution in [3.63, 3.8) is 0 Å². The Labute approximate surface area is 115 Å². The summed E-state index contributed by atoms with van der Waals surface area (Å²) in [6, 6.07) is 4.56. The third-order valence-electron chi connectivity index (χ3n) is 2.07. The van der Waals surface area contributed by atoms with Gasteiger partial charge in [-0.25, -0.2) is 13.1 Å². The lowest BCUT2D eigenvalue weighted by atomic mass is 10.1. The van der Waals surface area contributed by atoms with Crippen molar-refractivity contribution in [2.45, 2.75) is 17.5 Å². The van der Waals surface area contributed by atoms with E-state index in [1.807, 2.05) is 0 Å². The zero-order chi connectivity index (χ0) is 13.8. The van der Waals surface area contributed by atoms with Gasteiger partial charge in [-0.05, 0) is 17.7 Å². The number of halogens is 4. The molecule has 3 N–H and O–H groups in total. The average molecular weight is 319 g/mol. The molecule has 0 aliphatic rings. The summed E-state index contributed by atoms with van der Waals surface area (Å²) in [6.07, 6.45) is -5.39. The summed E-state index contributed by atoms with van der Waals surface area (Å²) in [5.41, 5.74) is 5.17. The maximum absolute atomic E-state index is 12.1. The number of benzene rings is 1. The van der Waals surface area contributed by atoms with Crippen molar-refractivity contribution in [2.75, 3.05) is 13.1 Å². The molecule has 0 saturated heterocycles. The summed E-state index contributed by atoms with van der Waals surface area (Å²) in [6.45, 7) is 0.220. The van der Waals surface area contributed by atoms with Crippen LogP contribution in [0.5, 0.6) is 0 Å². The first-order valence-electron chi connectivity index (χ1n) is 5.10. The van der Waals surface area contributed by atoms with Crippen molar-refractivity contribution in [2.24, 2.45) is 5.73 Å². The smallest absolute Gasteiger partial charge is 0.329 e. The Bertz CT molecular complexity index is 488. The van der Waals surface area contributed by atoms with Crippen LogP contribution in [0.3, 0.4) is 0 Å². The maximum atomic E-state index is 12.1. The third-order valence-corrected chi connectivity index (χ3v) is 3.55. The van der Waals surface area contributed by atoms with Crippen LogP contribution in [0, 0.1) is 0 Å². The van der Waals surface area contributed by atoms with Gasteiger partial charge in [-0.2, -0.15) is 13.2 Å². The van der Waals surface area contributed by atoms with Crippen molar-refractivity contribution in [1.82, 2.24) is 4.72 Å². The zero-order valence-electron chi connectivity index (χ0n) is 9.77. The summed E-state index contributed by atoms with van der Waals surface area (Å²) >= 11 is 0. The molecule has 0 atom stereocenters. The minimum absolute atomic E-state index is 0. The minimum atomic E-state index is -4.31. The molecule has 1 aromatic rings. The van der Waals surface area contributed by atoms with Gasteiger partial charge in [0.1, 0.15) is 0 Å². The van der Waals surface area contributed by atoms with E-state index in [9.17, 15) is 21.6 Å². The molecule has 0 aliphatic carbocycles. The van der Waals surface area contributed by atoms with Crippen molar-refractivity contribution < 1.29 is 21.6 Å². The van der Waals surface area contributed by atoms with Gasteiger partial charge in [0.05, 0.1) is 11.3 Å². The first kappa shape index (κ1) is 18.2. The Hall–Kier alpha value is -0.830. The molecule has 19 heavy (non-hydrogen) atoms. The Morgan fingerprint density at radius 2 is 1.68 bits per heavy atom. The van der Waals surface area contributed by atoms with Gasteiger partial charge < -0.3 is 5.73 Å². The molecular weight excluding hydrogens is 305 g/mol. The largest absolute Gasteiger partial charge is 0.393 e. The van der Waals surface area contributed by atoms with E-state index in [0.717, 1.165) is 24.3 Å². The summed E-state index contributed by atoms with van der Waals surface area (Å²) in [5, 5.41) is 0. The Balaban J connectivity index is 0.00000324. The molecule has 1 aromatic carbocycles. The lowest BCUT2D eigenvalue weighted by molar-refractivity contribution is -0.127. The quantitative estimate of drug-likeness (QED) is 0.863. The number of nitrogens with two attached hydrogens (primary N) is 1. The minimum Gasteiger partial charge on any atom is -0.329 e. The SMILES string of the molecule is Cl.NCCNS(=O)(=O)c1ccc(CC(F)(F)F)cc1. The van der Waals surface area contributed by atoms with Crippen LogP contribution < -0.4 is 10.5 Å². The second-order valence-electron chi connectivity index (χ2n) is 3.62. The first-order chi connectivity index (χ1) is 8.24. The number of sulfonamides is 1. The predicted octanol–water partition coefficient (Wildman–Crippen LogP) is 1.45. The monoisotopic (exact) mass is 318 g/mol. The Kier molecular flexibility index (Phi) is 6.78. The lowest BCUT2D eigenvalue weighted by Gasteiger charge is -2.08. The highest BCUT2D eigenvalue weighted by molar-refractivity contribution is 7.89. The zero-order valence-corrected chi connectivity index (χ0v) is 11.4. The van der Waals surface area contributed by atoms with Crippen LogP contribution in [0.4, 0.5) is 13.2 Å². The molecule has 0 unspecified atom stereocenters.